The van der Waals surface area contributed by atoms with Crippen LogP contribution in [0.5, 0.6) is 5.75 Å². The lowest BCUT2D eigenvalue weighted by Crippen LogP contribution is -2.56. The summed E-state index contributed by atoms with van der Waals surface area (Å²) in [5.74, 6) is -0.512. The number of fused-ring (bicyclic) bond motifs is 1. The van der Waals surface area contributed by atoms with Crippen LogP contribution in [0.15, 0.2) is 30.5 Å². The lowest BCUT2D eigenvalue weighted by Gasteiger charge is -2.46. The highest BCUT2D eigenvalue weighted by molar-refractivity contribution is 5.94. The van der Waals surface area contributed by atoms with Gasteiger partial charge in [-0.3, -0.25) is 14.5 Å². The highest BCUT2D eigenvalue weighted by atomic mass is 16.5. The number of methoxy groups -OCH3 is 1. The number of carboxylic acids is 1. The number of Topliss-reactive ketones (excluding diaryl/α,β-unsaturated/α-hetero) is 1. The second kappa shape index (κ2) is 6.88. The minimum Gasteiger partial charge on any atom is -0.497 e. The van der Waals surface area contributed by atoms with E-state index in [0.717, 1.165) is 17.7 Å². The van der Waals surface area contributed by atoms with Crippen molar-refractivity contribution in [1.82, 2.24) is 4.90 Å². The lowest BCUT2D eigenvalue weighted by molar-refractivity contribution is -0.146. The molecule has 0 amide bonds. The maximum atomic E-state index is 13.1. The molecule has 3 rings (SSSR count). The van der Waals surface area contributed by atoms with Crippen LogP contribution in [0.25, 0.3) is 0 Å². The molecule has 6 heteroatoms. The first-order chi connectivity index (χ1) is 12.0. The summed E-state index contributed by atoms with van der Waals surface area (Å²) in [7, 11) is 1.60. The predicted octanol–water partition coefficient (Wildman–Crippen LogP) is 2.61. The van der Waals surface area contributed by atoms with Crippen LogP contribution in [0.2, 0.25) is 0 Å². The van der Waals surface area contributed by atoms with Gasteiger partial charge in [0.2, 0.25) is 0 Å². The second-order valence-corrected chi connectivity index (χ2v) is 6.56. The maximum Gasteiger partial charge on any atom is 0.307 e. The van der Waals surface area contributed by atoms with Crippen molar-refractivity contribution in [1.29, 1.82) is 0 Å². The molecule has 6 nitrogen and oxygen atoms in total. The highest BCUT2D eigenvalue weighted by Gasteiger charge is 2.47. The minimum absolute atomic E-state index is 0.0609. The van der Waals surface area contributed by atoms with E-state index in [-0.39, 0.29) is 5.78 Å². The van der Waals surface area contributed by atoms with Gasteiger partial charge < -0.3 is 15.2 Å². The van der Waals surface area contributed by atoms with Gasteiger partial charge in [-0.05, 0) is 49.9 Å². The first-order valence-electron chi connectivity index (χ1n) is 8.66. The third kappa shape index (κ3) is 2.91. The fourth-order valence-corrected chi connectivity index (χ4v) is 3.90. The maximum absolute atomic E-state index is 13.1. The van der Waals surface area contributed by atoms with Crippen LogP contribution in [0.4, 0.5) is 5.69 Å². The number of anilines is 1. The summed E-state index contributed by atoms with van der Waals surface area (Å²) in [6.07, 6.45) is 5.43. The van der Waals surface area contributed by atoms with E-state index in [0.29, 0.717) is 31.7 Å². The number of hydrogen-bond acceptors (Lipinski definition) is 5. The van der Waals surface area contributed by atoms with Crippen LogP contribution in [0.3, 0.4) is 0 Å². The predicted molar refractivity (Wildman–Crippen MR) is 94.7 cm³/mol. The van der Waals surface area contributed by atoms with E-state index in [1.165, 1.54) is 0 Å². The number of carbonyl (C=O) groups is 2. The average molecular weight is 344 g/mol. The number of carboxylic acid groups (broad SMARTS) is 1. The molecule has 1 fully saturated rings. The van der Waals surface area contributed by atoms with Crippen molar-refractivity contribution in [2.75, 3.05) is 25.5 Å². The fraction of sp³-hybridized carbons (Fsp3) is 0.474. The average Bonchev–Trinajstić information content (AvgIpc) is 2.66. The number of ether oxygens (including phenoxy) is 1. The topological polar surface area (TPSA) is 78.9 Å². The van der Waals surface area contributed by atoms with Crippen LogP contribution in [0, 0.1) is 5.92 Å². The molecule has 0 bridgehead atoms. The zero-order valence-corrected chi connectivity index (χ0v) is 14.6. The largest absolute Gasteiger partial charge is 0.497 e. The van der Waals surface area contributed by atoms with Crippen LogP contribution < -0.4 is 10.1 Å². The number of piperidine rings is 1. The third-order valence-corrected chi connectivity index (χ3v) is 5.22. The third-order valence-electron chi connectivity index (χ3n) is 5.22. The molecule has 0 radical (unpaired) electrons. The van der Waals surface area contributed by atoms with Gasteiger partial charge in [0.25, 0.3) is 0 Å². The smallest absolute Gasteiger partial charge is 0.307 e. The summed E-state index contributed by atoms with van der Waals surface area (Å²) in [5.41, 5.74) is 0.729. The number of likely N-dealkylation sites (tertiary alicyclic amines) is 1. The number of hydrogen-bond donors (Lipinski definition) is 2. The number of aliphatic carboxylic acids is 1. The molecule has 0 spiro atoms. The molecule has 134 valence electrons. The summed E-state index contributed by atoms with van der Waals surface area (Å²) in [4.78, 5) is 26.7. The number of nitrogens with zero attached hydrogens (tertiary/aromatic N) is 1. The Hall–Kier alpha value is -2.34. The Morgan fingerprint density at radius 3 is 2.92 bits per heavy atom. The molecule has 2 N–H and O–H groups in total. The molecule has 2 atom stereocenters. The van der Waals surface area contributed by atoms with Gasteiger partial charge in [-0.15, -0.1) is 0 Å². The first-order valence-corrected chi connectivity index (χ1v) is 8.66. The highest BCUT2D eigenvalue weighted by Crippen LogP contribution is 2.43. The molecule has 25 heavy (non-hydrogen) atoms. The number of ketones is 1. The van der Waals surface area contributed by atoms with Crippen molar-refractivity contribution < 1.29 is 19.4 Å². The summed E-state index contributed by atoms with van der Waals surface area (Å²) < 4.78 is 5.36. The summed E-state index contributed by atoms with van der Waals surface area (Å²) in [5, 5.41) is 12.6. The van der Waals surface area contributed by atoms with Crippen molar-refractivity contribution >= 4 is 17.4 Å². The first kappa shape index (κ1) is 17.5. The molecule has 0 aromatic heterocycles. The monoisotopic (exact) mass is 344 g/mol. The number of rotatable bonds is 5. The molecule has 0 saturated carbocycles. The van der Waals surface area contributed by atoms with E-state index < -0.39 is 17.4 Å². The SMILES string of the molecule is CCC(=O)[C@@]1(N2CCC[C@@H](C(=O)O)C2)C=CNc2ccc(OC)cc21. The van der Waals surface area contributed by atoms with Gasteiger partial charge in [0.1, 0.15) is 11.3 Å². The van der Waals surface area contributed by atoms with Gasteiger partial charge >= 0.3 is 5.97 Å². The number of benzene rings is 1. The Balaban J connectivity index is 2.12. The Kier molecular flexibility index (Phi) is 4.81. The molecular weight excluding hydrogens is 320 g/mol. The summed E-state index contributed by atoms with van der Waals surface area (Å²) >= 11 is 0. The van der Waals surface area contributed by atoms with E-state index in [1.54, 1.807) is 13.3 Å². The van der Waals surface area contributed by atoms with Crippen molar-refractivity contribution in [3.63, 3.8) is 0 Å². The van der Waals surface area contributed by atoms with Crippen molar-refractivity contribution in [2.45, 2.75) is 31.7 Å². The zero-order chi connectivity index (χ0) is 18.0. The van der Waals surface area contributed by atoms with Crippen molar-refractivity contribution in [3.8, 4) is 5.75 Å². The van der Waals surface area contributed by atoms with Crippen LogP contribution in [0.1, 0.15) is 31.7 Å². The quantitative estimate of drug-likeness (QED) is 0.855. The van der Waals surface area contributed by atoms with E-state index >= 15 is 0 Å². The van der Waals surface area contributed by atoms with Gasteiger partial charge in [0.05, 0.1) is 13.0 Å². The van der Waals surface area contributed by atoms with Gasteiger partial charge in [-0.25, -0.2) is 0 Å². The van der Waals surface area contributed by atoms with Gasteiger partial charge in [0.15, 0.2) is 5.78 Å². The van der Waals surface area contributed by atoms with Crippen molar-refractivity contribution in [2.24, 2.45) is 5.92 Å². The van der Waals surface area contributed by atoms with Crippen molar-refractivity contribution in [3.05, 3.63) is 36.0 Å². The molecular formula is C19H24N2O4. The van der Waals surface area contributed by atoms with Crippen LogP contribution in [-0.4, -0.2) is 42.0 Å². The summed E-state index contributed by atoms with van der Waals surface area (Å²) in [6.45, 7) is 2.90. The van der Waals surface area contributed by atoms with E-state index in [4.69, 9.17) is 4.74 Å². The molecule has 0 unspecified atom stereocenters. The lowest BCUT2D eigenvalue weighted by atomic mass is 9.78. The molecule has 1 aromatic carbocycles. The molecule has 1 saturated heterocycles. The Morgan fingerprint density at radius 1 is 1.44 bits per heavy atom. The van der Waals surface area contributed by atoms with Crippen LogP contribution in [-0.2, 0) is 15.1 Å². The molecule has 2 heterocycles. The van der Waals surface area contributed by atoms with Gasteiger partial charge in [-0.1, -0.05) is 6.92 Å². The molecule has 0 aliphatic carbocycles. The number of carbonyl (C=O) groups excluding carboxylic acids is 1. The molecule has 2 aliphatic heterocycles. The summed E-state index contributed by atoms with van der Waals surface area (Å²) in [6, 6.07) is 5.63. The molecule has 2 aliphatic rings. The number of nitrogens with one attached hydrogen (secondary N) is 1. The fourth-order valence-electron chi connectivity index (χ4n) is 3.90. The van der Waals surface area contributed by atoms with Crippen LogP contribution >= 0.6 is 0 Å². The van der Waals surface area contributed by atoms with E-state index in [9.17, 15) is 14.7 Å². The normalized spacial score (nSPS) is 25.8. The second-order valence-electron chi connectivity index (χ2n) is 6.56. The zero-order valence-electron chi connectivity index (χ0n) is 14.6. The Labute approximate surface area is 147 Å². The van der Waals surface area contributed by atoms with E-state index in [2.05, 4.69) is 5.32 Å². The Bertz CT molecular complexity index is 715. The Morgan fingerprint density at radius 2 is 2.24 bits per heavy atom. The molecule has 1 aromatic rings. The van der Waals surface area contributed by atoms with E-state index in [1.807, 2.05) is 36.1 Å². The van der Waals surface area contributed by atoms with Gasteiger partial charge in [-0.2, -0.15) is 0 Å². The standard InChI is InChI=1S/C19H24N2O4/c1-3-17(22)19(21-10-4-5-13(12-21)18(23)24)8-9-20-16-7-6-14(25-2)11-15(16)19/h6-9,11,13,20H,3-5,10,12H2,1-2H3,(H,23,24)/t13-,19-/m1/s1. The minimum atomic E-state index is -0.946. The van der Waals surface area contributed by atoms with Gasteiger partial charge in [0, 0.05) is 24.2 Å².